The Labute approximate surface area is 194 Å². The Balaban J connectivity index is 1.57. The summed E-state index contributed by atoms with van der Waals surface area (Å²) in [5, 5.41) is 14.4. The molecule has 0 amide bonds. The largest absolute Gasteiger partial charge is 0.466 e. The highest BCUT2D eigenvalue weighted by molar-refractivity contribution is 7.26. The van der Waals surface area contributed by atoms with Gasteiger partial charge in [-0.05, 0) is 25.8 Å². The first-order valence-electron chi connectivity index (χ1n) is 10.9. The van der Waals surface area contributed by atoms with Gasteiger partial charge in [0.25, 0.3) is 0 Å². The fraction of sp³-hybridized carbons (Fsp3) is 0.292. The number of hydrogen-bond acceptors (Lipinski definition) is 8. The molecule has 33 heavy (non-hydrogen) atoms. The topological polar surface area (TPSA) is 98.5 Å². The Hall–Kier alpha value is -3.59. The first-order chi connectivity index (χ1) is 16.1. The van der Waals surface area contributed by atoms with Crippen LogP contribution in [-0.4, -0.2) is 40.6 Å². The van der Waals surface area contributed by atoms with E-state index < -0.39 is 4.92 Å². The molecule has 0 N–H and O–H groups in total. The molecule has 8 nitrogen and oxygen atoms in total. The van der Waals surface area contributed by atoms with Crippen LogP contribution in [0.2, 0.25) is 0 Å². The molecule has 0 unspecified atom stereocenters. The summed E-state index contributed by atoms with van der Waals surface area (Å²) in [6.07, 6.45) is 2.53. The van der Waals surface area contributed by atoms with Gasteiger partial charge in [0.1, 0.15) is 6.33 Å². The van der Waals surface area contributed by atoms with Crippen LogP contribution in [0.4, 0.5) is 11.5 Å². The molecule has 0 spiro atoms. The van der Waals surface area contributed by atoms with Crippen molar-refractivity contribution in [1.82, 2.24) is 9.97 Å². The normalized spacial score (nSPS) is 14.6. The number of piperidine rings is 1. The minimum absolute atomic E-state index is 0.1000. The number of carbonyl (C=O) groups is 1. The number of benzene rings is 2. The predicted octanol–water partition coefficient (Wildman–Crippen LogP) is 5.20. The molecular weight excluding hydrogens is 440 g/mol. The quantitative estimate of drug-likeness (QED) is 0.228. The summed E-state index contributed by atoms with van der Waals surface area (Å²) < 4.78 is 7.23. The van der Waals surface area contributed by atoms with Crippen molar-refractivity contribution in [3.63, 3.8) is 0 Å². The molecule has 9 heteroatoms. The zero-order valence-electron chi connectivity index (χ0n) is 18.1. The third kappa shape index (κ3) is 3.78. The Bertz CT molecular complexity index is 1360. The van der Waals surface area contributed by atoms with E-state index >= 15 is 0 Å². The van der Waals surface area contributed by atoms with E-state index in [-0.39, 0.29) is 17.6 Å². The van der Waals surface area contributed by atoms with Crippen molar-refractivity contribution in [1.29, 1.82) is 0 Å². The molecule has 3 heterocycles. The number of nitro groups is 1. The lowest BCUT2D eigenvalue weighted by Gasteiger charge is -2.31. The fourth-order valence-corrected chi connectivity index (χ4v) is 5.70. The highest BCUT2D eigenvalue weighted by atomic mass is 32.1. The molecule has 0 aliphatic carbocycles. The Morgan fingerprint density at radius 2 is 1.91 bits per heavy atom. The van der Waals surface area contributed by atoms with Crippen molar-refractivity contribution < 1.29 is 14.5 Å². The summed E-state index contributed by atoms with van der Waals surface area (Å²) in [5.74, 6) is -0.0919. The van der Waals surface area contributed by atoms with E-state index in [1.807, 2.05) is 35.2 Å². The minimum Gasteiger partial charge on any atom is -0.466 e. The lowest BCUT2D eigenvalue weighted by molar-refractivity contribution is -0.383. The van der Waals surface area contributed by atoms with Gasteiger partial charge in [-0.2, -0.15) is 0 Å². The van der Waals surface area contributed by atoms with Crippen LogP contribution in [0.3, 0.4) is 0 Å². The maximum atomic E-state index is 12.3. The molecule has 0 bridgehead atoms. The first kappa shape index (κ1) is 21.3. The molecular formula is C24H22N4O4S. The van der Waals surface area contributed by atoms with Gasteiger partial charge in [-0.1, -0.05) is 36.4 Å². The Morgan fingerprint density at radius 1 is 1.15 bits per heavy atom. The van der Waals surface area contributed by atoms with Crippen molar-refractivity contribution in [3.05, 3.63) is 58.9 Å². The van der Waals surface area contributed by atoms with E-state index in [9.17, 15) is 14.9 Å². The monoisotopic (exact) mass is 462 g/mol. The second-order valence-corrected chi connectivity index (χ2v) is 9.00. The van der Waals surface area contributed by atoms with Crippen LogP contribution in [0.15, 0.2) is 48.8 Å². The average Bonchev–Trinajstić information content (AvgIpc) is 3.22. The van der Waals surface area contributed by atoms with Crippen molar-refractivity contribution in [2.24, 2.45) is 5.92 Å². The van der Waals surface area contributed by atoms with Crippen LogP contribution >= 0.6 is 11.3 Å². The molecule has 1 aliphatic heterocycles. The predicted molar refractivity (Wildman–Crippen MR) is 129 cm³/mol. The second-order valence-electron chi connectivity index (χ2n) is 7.95. The number of nitrogens with zero attached hydrogens (tertiary/aromatic N) is 4. The zero-order valence-corrected chi connectivity index (χ0v) is 18.9. The Kier molecular flexibility index (Phi) is 5.63. The standard InChI is InChI=1S/C24H22N4O4S/c1-2-32-24(29)15-10-12-27(13-11-15)23-21(28(30)31)20(25-14-26-23)18-8-5-7-17-16-6-3-4-9-19(16)33-22(17)18/h3-9,14-15H,2,10-13H2,1H3. The van der Waals surface area contributed by atoms with E-state index in [1.165, 1.54) is 6.33 Å². The molecule has 0 radical (unpaired) electrons. The van der Waals surface area contributed by atoms with Gasteiger partial charge < -0.3 is 9.64 Å². The van der Waals surface area contributed by atoms with Crippen molar-refractivity contribution in [2.45, 2.75) is 19.8 Å². The van der Waals surface area contributed by atoms with E-state index in [4.69, 9.17) is 4.74 Å². The highest BCUT2D eigenvalue weighted by Crippen LogP contribution is 2.43. The number of aromatic nitrogens is 2. The molecule has 0 saturated carbocycles. The molecule has 2 aromatic heterocycles. The van der Waals surface area contributed by atoms with Crippen molar-refractivity contribution in [2.75, 3.05) is 24.6 Å². The van der Waals surface area contributed by atoms with E-state index in [2.05, 4.69) is 22.1 Å². The molecule has 2 aromatic carbocycles. The van der Waals surface area contributed by atoms with Crippen LogP contribution in [0, 0.1) is 16.0 Å². The van der Waals surface area contributed by atoms with Gasteiger partial charge in [0.2, 0.25) is 5.82 Å². The number of ether oxygens (including phenoxy) is 1. The minimum atomic E-state index is -0.395. The number of anilines is 1. The summed E-state index contributed by atoms with van der Waals surface area (Å²) >= 11 is 1.61. The zero-order chi connectivity index (χ0) is 22.9. The van der Waals surface area contributed by atoms with Gasteiger partial charge >= 0.3 is 11.7 Å². The smallest absolute Gasteiger partial charge is 0.337 e. The van der Waals surface area contributed by atoms with Crippen LogP contribution in [0.1, 0.15) is 19.8 Å². The Morgan fingerprint density at radius 3 is 2.67 bits per heavy atom. The fourth-order valence-electron chi connectivity index (χ4n) is 4.49. The maximum Gasteiger partial charge on any atom is 0.337 e. The van der Waals surface area contributed by atoms with Crippen LogP contribution < -0.4 is 4.90 Å². The number of carbonyl (C=O) groups excluding carboxylic acids is 1. The second kappa shape index (κ2) is 8.74. The van der Waals surface area contributed by atoms with Crippen LogP contribution in [0.5, 0.6) is 0 Å². The molecule has 1 saturated heterocycles. The molecule has 1 fully saturated rings. The number of thiophene rings is 1. The number of hydrogen-bond donors (Lipinski definition) is 0. The molecule has 4 aromatic rings. The molecule has 0 atom stereocenters. The van der Waals surface area contributed by atoms with Crippen LogP contribution in [0.25, 0.3) is 31.4 Å². The maximum absolute atomic E-state index is 12.3. The third-order valence-electron chi connectivity index (χ3n) is 6.06. The van der Waals surface area contributed by atoms with E-state index in [0.29, 0.717) is 44.0 Å². The number of esters is 1. The first-order valence-corrected chi connectivity index (χ1v) is 11.7. The summed E-state index contributed by atoms with van der Waals surface area (Å²) in [6, 6.07) is 13.9. The van der Waals surface area contributed by atoms with E-state index in [1.54, 1.807) is 18.3 Å². The van der Waals surface area contributed by atoms with Gasteiger partial charge in [-0.15, -0.1) is 11.3 Å². The number of rotatable bonds is 5. The van der Waals surface area contributed by atoms with Crippen molar-refractivity contribution >= 4 is 49.0 Å². The van der Waals surface area contributed by atoms with Gasteiger partial charge in [-0.3, -0.25) is 14.9 Å². The lowest BCUT2D eigenvalue weighted by atomic mass is 9.97. The SMILES string of the molecule is CCOC(=O)C1CCN(c2ncnc(-c3cccc4c3sc3ccccc34)c2[N+](=O)[O-])CC1. The number of fused-ring (bicyclic) bond motifs is 3. The van der Waals surface area contributed by atoms with E-state index in [0.717, 1.165) is 25.7 Å². The van der Waals surface area contributed by atoms with Gasteiger partial charge in [0.05, 0.1) is 17.4 Å². The van der Waals surface area contributed by atoms with Crippen LogP contribution in [-0.2, 0) is 9.53 Å². The highest BCUT2D eigenvalue weighted by Gasteiger charge is 2.33. The van der Waals surface area contributed by atoms with Gasteiger partial charge in [0.15, 0.2) is 5.69 Å². The summed E-state index contributed by atoms with van der Waals surface area (Å²) in [5.41, 5.74) is 0.942. The average molecular weight is 463 g/mol. The molecule has 1 aliphatic rings. The summed E-state index contributed by atoms with van der Waals surface area (Å²) in [7, 11) is 0. The van der Waals surface area contributed by atoms with Gasteiger partial charge in [0, 0.05) is 38.8 Å². The third-order valence-corrected chi connectivity index (χ3v) is 7.28. The van der Waals surface area contributed by atoms with Gasteiger partial charge in [-0.25, -0.2) is 9.97 Å². The molecule has 168 valence electrons. The lowest BCUT2D eigenvalue weighted by Crippen LogP contribution is -2.37. The summed E-state index contributed by atoms with van der Waals surface area (Å²) in [6.45, 7) is 3.13. The van der Waals surface area contributed by atoms with Crippen molar-refractivity contribution in [3.8, 4) is 11.3 Å². The summed E-state index contributed by atoms with van der Waals surface area (Å²) in [4.78, 5) is 34.5. The molecule has 5 rings (SSSR count).